The Balaban J connectivity index is 1.53. The Morgan fingerprint density at radius 2 is 2.41 bits per heavy atom. The summed E-state index contributed by atoms with van der Waals surface area (Å²) in [6, 6.07) is 0.554. The molecule has 7 heteroatoms. The number of aryl methyl sites for hydroxylation is 1. The van der Waals surface area contributed by atoms with E-state index in [0.717, 1.165) is 26.1 Å². The molecule has 0 spiro atoms. The molecule has 3 rings (SSSR count). The molecule has 6 nitrogen and oxygen atoms in total. The summed E-state index contributed by atoms with van der Waals surface area (Å²) in [6.45, 7) is 7.25. The molecule has 0 aliphatic carbocycles. The highest BCUT2D eigenvalue weighted by Crippen LogP contribution is 2.18. The van der Waals surface area contributed by atoms with Crippen LogP contribution in [0.4, 0.5) is 0 Å². The van der Waals surface area contributed by atoms with Gasteiger partial charge in [-0.05, 0) is 26.3 Å². The van der Waals surface area contributed by atoms with Crippen molar-refractivity contribution in [1.29, 1.82) is 0 Å². The summed E-state index contributed by atoms with van der Waals surface area (Å²) in [4.78, 5) is 6.85. The topological polar surface area (TPSA) is 67.1 Å². The molecule has 2 aromatic rings. The van der Waals surface area contributed by atoms with Crippen LogP contribution in [0.15, 0.2) is 16.0 Å². The van der Waals surface area contributed by atoms with Crippen LogP contribution in [0, 0.1) is 0 Å². The summed E-state index contributed by atoms with van der Waals surface area (Å²) in [7, 11) is 0. The van der Waals surface area contributed by atoms with E-state index in [0.29, 0.717) is 17.8 Å². The maximum absolute atomic E-state index is 5.64. The van der Waals surface area contributed by atoms with E-state index in [1.165, 1.54) is 17.8 Å². The van der Waals surface area contributed by atoms with Gasteiger partial charge in [0.25, 0.3) is 0 Å². The van der Waals surface area contributed by atoms with Crippen molar-refractivity contribution in [2.75, 3.05) is 13.1 Å². The van der Waals surface area contributed by atoms with E-state index in [4.69, 9.17) is 4.42 Å². The minimum atomic E-state index is 0.0950. The van der Waals surface area contributed by atoms with Crippen molar-refractivity contribution < 1.29 is 4.42 Å². The molecule has 0 aromatic carbocycles. The Morgan fingerprint density at radius 3 is 3.14 bits per heavy atom. The summed E-state index contributed by atoms with van der Waals surface area (Å²) in [6.07, 6.45) is 5.06. The van der Waals surface area contributed by atoms with E-state index in [2.05, 4.69) is 32.3 Å². The van der Waals surface area contributed by atoms with Crippen LogP contribution in [-0.4, -0.2) is 39.2 Å². The van der Waals surface area contributed by atoms with Crippen LogP contribution in [0.25, 0.3) is 0 Å². The molecule has 0 bridgehead atoms. The van der Waals surface area contributed by atoms with Crippen LogP contribution in [0.1, 0.15) is 49.5 Å². The molecule has 1 saturated heterocycles. The second-order valence-electron chi connectivity index (χ2n) is 5.78. The first-order chi connectivity index (χ1) is 10.7. The Labute approximate surface area is 135 Å². The Hall–Kier alpha value is -1.31. The summed E-state index contributed by atoms with van der Waals surface area (Å²) in [5, 5.41) is 15.0. The molecule has 0 amide bonds. The second kappa shape index (κ2) is 7.30. The van der Waals surface area contributed by atoms with Gasteiger partial charge in [-0.1, -0.05) is 6.92 Å². The number of aromatic nitrogens is 3. The number of nitrogens with zero attached hydrogens (tertiary/aromatic N) is 4. The van der Waals surface area contributed by atoms with E-state index < -0.39 is 0 Å². The molecule has 2 atom stereocenters. The molecule has 0 saturated carbocycles. The normalized spacial score (nSPS) is 21.1. The molecule has 120 valence electrons. The summed E-state index contributed by atoms with van der Waals surface area (Å²) < 4.78 is 5.64. The van der Waals surface area contributed by atoms with Gasteiger partial charge in [0.1, 0.15) is 5.01 Å². The van der Waals surface area contributed by atoms with Crippen LogP contribution in [0.2, 0.25) is 0 Å². The molecule has 3 heterocycles. The third-order valence-electron chi connectivity index (χ3n) is 3.99. The van der Waals surface area contributed by atoms with Crippen LogP contribution in [0.5, 0.6) is 0 Å². The third-order valence-corrected chi connectivity index (χ3v) is 4.75. The zero-order valence-electron chi connectivity index (χ0n) is 13.2. The molecule has 1 N–H and O–H groups in total. The molecule has 1 aliphatic heterocycles. The smallest absolute Gasteiger partial charge is 0.233 e. The SMILES string of the molecule is CCc1nnc(C(C)N[C@@H]2CCCN(Cc3nccs3)C2)o1. The average Bonchev–Trinajstić information content (AvgIpc) is 3.18. The van der Waals surface area contributed by atoms with Crippen LogP contribution >= 0.6 is 11.3 Å². The average molecular weight is 321 g/mol. The molecular formula is C15H23N5OS. The monoisotopic (exact) mass is 321 g/mol. The fraction of sp³-hybridized carbons (Fsp3) is 0.667. The maximum atomic E-state index is 5.64. The number of hydrogen-bond acceptors (Lipinski definition) is 7. The first-order valence-electron chi connectivity index (χ1n) is 7.93. The van der Waals surface area contributed by atoms with Crippen molar-refractivity contribution in [2.24, 2.45) is 0 Å². The zero-order valence-corrected chi connectivity index (χ0v) is 14.0. The lowest BCUT2D eigenvalue weighted by Gasteiger charge is -2.33. The number of rotatable bonds is 6. The lowest BCUT2D eigenvalue weighted by Crippen LogP contribution is -2.46. The Kier molecular flexibility index (Phi) is 5.17. The van der Waals surface area contributed by atoms with E-state index in [1.54, 1.807) is 11.3 Å². The summed E-state index contributed by atoms with van der Waals surface area (Å²) in [5.41, 5.74) is 0. The van der Waals surface area contributed by atoms with E-state index in [1.807, 2.05) is 18.5 Å². The van der Waals surface area contributed by atoms with Gasteiger partial charge in [-0.15, -0.1) is 21.5 Å². The maximum Gasteiger partial charge on any atom is 0.233 e. The summed E-state index contributed by atoms with van der Waals surface area (Å²) >= 11 is 1.73. The van der Waals surface area contributed by atoms with Gasteiger partial charge in [-0.2, -0.15) is 0 Å². The molecule has 0 radical (unpaired) electrons. The molecule has 1 unspecified atom stereocenters. The summed E-state index contributed by atoms with van der Waals surface area (Å²) in [5.74, 6) is 1.39. The van der Waals surface area contributed by atoms with Crippen molar-refractivity contribution in [3.63, 3.8) is 0 Å². The van der Waals surface area contributed by atoms with Crippen LogP contribution in [-0.2, 0) is 13.0 Å². The van der Waals surface area contributed by atoms with E-state index >= 15 is 0 Å². The molecule has 1 fully saturated rings. The predicted molar refractivity (Wildman–Crippen MR) is 85.6 cm³/mol. The van der Waals surface area contributed by atoms with Crippen molar-refractivity contribution in [3.8, 4) is 0 Å². The Morgan fingerprint density at radius 1 is 1.50 bits per heavy atom. The minimum Gasteiger partial charge on any atom is -0.424 e. The van der Waals surface area contributed by atoms with Gasteiger partial charge in [0.15, 0.2) is 0 Å². The van der Waals surface area contributed by atoms with Crippen molar-refractivity contribution in [2.45, 2.75) is 51.7 Å². The molecular weight excluding hydrogens is 298 g/mol. The fourth-order valence-electron chi connectivity index (χ4n) is 2.87. The van der Waals surface area contributed by atoms with Crippen molar-refractivity contribution in [3.05, 3.63) is 28.4 Å². The van der Waals surface area contributed by atoms with Gasteiger partial charge in [0.05, 0.1) is 12.6 Å². The van der Waals surface area contributed by atoms with Crippen molar-refractivity contribution >= 4 is 11.3 Å². The van der Waals surface area contributed by atoms with Gasteiger partial charge < -0.3 is 9.73 Å². The lowest BCUT2D eigenvalue weighted by atomic mass is 10.0. The first kappa shape index (κ1) is 15.6. The van der Waals surface area contributed by atoms with Gasteiger partial charge in [0.2, 0.25) is 11.8 Å². The van der Waals surface area contributed by atoms with Crippen LogP contribution in [0.3, 0.4) is 0 Å². The minimum absolute atomic E-state index is 0.0950. The van der Waals surface area contributed by atoms with Gasteiger partial charge in [0, 0.05) is 30.6 Å². The molecule has 22 heavy (non-hydrogen) atoms. The van der Waals surface area contributed by atoms with Gasteiger partial charge in [-0.25, -0.2) is 4.98 Å². The highest BCUT2D eigenvalue weighted by Gasteiger charge is 2.23. The van der Waals surface area contributed by atoms with Crippen molar-refractivity contribution in [1.82, 2.24) is 25.4 Å². The Bertz CT molecular complexity index is 570. The molecule has 1 aliphatic rings. The van der Waals surface area contributed by atoms with Crippen LogP contribution < -0.4 is 5.32 Å². The lowest BCUT2D eigenvalue weighted by molar-refractivity contribution is 0.173. The van der Waals surface area contributed by atoms with E-state index in [9.17, 15) is 0 Å². The second-order valence-corrected chi connectivity index (χ2v) is 6.76. The number of piperidine rings is 1. The standard InChI is InChI=1S/C15H23N5OS/c1-3-13-18-19-15(21-13)11(2)17-12-5-4-7-20(9-12)10-14-16-6-8-22-14/h6,8,11-12,17H,3-5,7,9-10H2,1-2H3/t11?,12-/m1/s1. The number of hydrogen-bond donors (Lipinski definition) is 1. The largest absolute Gasteiger partial charge is 0.424 e. The highest BCUT2D eigenvalue weighted by atomic mass is 32.1. The quantitative estimate of drug-likeness (QED) is 0.881. The number of likely N-dealkylation sites (tertiary alicyclic amines) is 1. The number of nitrogens with one attached hydrogen (secondary N) is 1. The highest BCUT2D eigenvalue weighted by molar-refractivity contribution is 7.09. The van der Waals surface area contributed by atoms with Gasteiger partial charge >= 0.3 is 0 Å². The van der Waals surface area contributed by atoms with E-state index in [-0.39, 0.29) is 6.04 Å². The molecule has 2 aromatic heterocycles. The fourth-order valence-corrected chi connectivity index (χ4v) is 3.52. The van der Waals surface area contributed by atoms with Gasteiger partial charge in [-0.3, -0.25) is 4.90 Å². The first-order valence-corrected chi connectivity index (χ1v) is 8.81. The third kappa shape index (κ3) is 3.91. The number of thiazole rings is 1. The predicted octanol–water partition coefficient (Wildman–Crippen LogP) is 2.40. The zero-order chi connectivity index (χ0) is 15.4.